The Hall–Kier alpha value is 0.280. The standard InChI is InChI=1S/C8H17NO3S3/c1-6(10)9-8(14)7(13)4-2-3-5-15(11)12/h7-8,13-14H,2-5H2,1H3,(H,9,10)(H,11,12). The zero-order valence-corrected chi connectivity index (χ0v) is 11.2. The first kappa shape index (κ1) is 15.3. The third-order valence-electron chi connectivity index (χ3n) is 1.78. The van der Waals surface area contributed by atoms with Gasteiger partial charge in [0.1, 0.15) is 0 Å². The van der Waals surface area contributed by atoms with Crippen LogP contribution in [0.15, 0.2) is 0 Å². The minimum absolute atomic E-state index is 0.0376. The molecule has 15 heavy (non-hydrogen) atoms. The number of thiol groups is 2. The minimum Gasteiger partial charge on any atom is -0.344 e. The molecule has 0 fully saturated rings. The van der Waals surface area contributed by atoms with E-state index in [0.717, 1.165) is 12.8 Å². The summed E-state index contributed by atoms with van der Waals surface area (Å²) in [5.74, 6) is 0.156. The highest BCUT2D eigenvalue weighted by Gasteiger charge is 2.14. The number of unbranched alkanes of at least 4 members (excludes halogenated alkanes) is 1. The average molecular weight is 271 g/mol. The number of hydrogen-bond acceptors (Lipinski definition) is 4. The maximum Gasteiger partial charge on any atom is 0.217 e. The van der Waals surface area contributed by atoms with Crippen molar-refractivity contribution in [1.29, 1.82) is 0 Å². The molecule has 0 rings (SSSR count). The SMILES string of the molecule is CC(=O)NC(S)C(S)CCCCS(=O)O. The fourth-order valence-corrected chi connectivity index (χ4v) is 2.08. The van der Waals surface area contributed by atoms with Crippen LogP contribution in [0.5, 0.6) is 0 Å². The van der Waals surface area contributed by atoms with Crippen LogP contribution in [0.1, 0.15) is 26.2 Å². The number of rotatable bonds is 7. The van der Waals surface area contributed by atoms with Gasteiger partial charge >= 0.3 is 0 Å². The lowest BCUT2D eigenvalue weighted by Crippen LogP contribution is -2.35. The van der Waals surface area contributed by atoms with Gasteiger partial charge in [0, 0.05) is 17.9 Å². The summed E-state index contributed by atoms with van der Waals surface area (Å²) in [5, 5.41) is 2.32. The van der Waals surface area contributed by atoms with Gasteiger partial charge < -0.3 is 9.87 Å². The van der Waals surface area contributed by atoms with Gasteiger partial charge in [-0.2, -0.15) is 25.3 Å². The van der Waals surface area contributed by atoms with Crippen molar-refractivity contribution < 1.29 is 13.6 Å². The Morgan fingerprint density at radius 3 is 2.53 bits per heavy atom. The van der Waals surface area contributed by atoms with Crippen molar-refractivity contribution in [2.75, 3.05) is 5.75 Å². The Morgan fingerprint density at radius 1 is 1.47 bits per heavy atom. The highest BCUT2D eigenvalue weighted by molar-refractivity contribution is 7.85. The van der Waals surface area contributed by atoms with Gasteiger partial charge in [-0.3, -0.25) is 4.79 Å². The summed E-state index contributed by atoms with van der Waals surface area (Å²) in [7, 11) is 0. The van der Waals surface area contributed by atoms with Crippen LogP contribution >= 0.6 is 25.3 Å². The van der Waals surface area contributed by atoms with E-state index >= 15 is 0 Å². The van der Waals surface area contributed by atoms with Gasteiger partial charge in [-0.15, -0.1) is 0 Å². The number of nitrogens with one attached hydrogen (secondary N) is 1. The summed E-state index contributed by atoms with van der Waals surface area (Å²) in [6.45, 7) is 1.43. The van der Waals surface area contributed by atoms with Crippen LogP contribution < -0.4 is 5.32 Å². The van der Waals surface area contributed by atoms with E-state index in [9.17, 15) is 9.00 Å². The molecular weight excluding hydrogens is 254 g/mol. The second-order valence-electron chi connectivity index (χ2n) is 3.23. The Bertz CT molecular complexity index is 225. The van der Waals surface area contributed by atoms with Crippen molar-refractivity contribution in [1.82, 2.24) is 5.32 Å². The molecule has 3 atom stereocenters. The van der Waals surface area contributed by atoms with Crippen LogP contribution in [0.3, 0.4) is 0 Å². The monoisotopic (exact) mass is 271 g/mol. The molecule has 0 aromatic rings. The van der Waals surface area contributed by atoms with E-state index < -0.39 is 11.1 Å². The summed E-state index contributed by atoms with van der Waals surface area (Å²) in [6.07, 6.45) is 2.24. The number of carbonyl (C=O) groups is 1. The van der Waals surface area contributed by atoms with Crippen molar-refractivity contribution in [3.05, 3.63) is 0 Å². The van der Waals surface area contributed by atoms with E-state index in [1.54, 1.807) is 0 Å². The largest absolute Gasteiger partial charge is 0.344 e. The molecule has 0 heterocycles. The lowest BCUT2D eigenvalue weighted by molar-refractivity contribution is -0.119. The van der Waals surface area contributed by atoms with Crippen molar-refractivity contribution in [2.24, 2.45) is 0 Å². The van der Waals surface area contributed by atoms with Crippen molar-refractivity contribution in [2.45, 2.75) is 36.8 Å². The van der Waals surface area contributed by atoms with E-state index in [-0.39, 0.29) is 22.3 Å². The van der Waals surface area contributed by atoms with Crippen LogP contribution in [-0.2, 0) is 15.9 Å². The fourth-order valence-electron chi connectivity index (χ4n) is 1.04. The van der Waals surface area contributed by atoms with Crippen molar-refractivity contribution in [3.63, 3.8) is 0 Å². The lowest BCUT2D eigenvalue weighted by atomic mass is 10.2. The zero-order valence-electron chi connectivity index (χ0n) is 8.55. The second kappa shape index (κ2) is 8.43. The first-order chi connectivity index (χ1) is 6.93. The normalized spacial score (nSPS) is 16.8. The smallest absolute Gasteiger partial charge is 0.217 e. The Balaban J connectivity index is 3.59. The fraction of sp³-hybridized carbons (Fsp3) is 0.875. The maximum atomic E-state index is 10.7. The van der Waals surface area contributed by atoms with Crippen molar-refractivity contribution in [3.8, 4) is 0 Å². The molecule has 0 radical (unpaired) electrons. The van der Waals surface area contributed by atoms with Crippen LogP contribution in [-0.4, -0.2) is 31.0 Å². The molecule has 0 bridgehead atoms. The van der Waals surface area contributed by atoms with E-state index in [1.165, 1.54) is 6.92 Å². The van der Waals surface area contributed by atoms with Crippen LogP contribution in [0.4, 0.5) is 0 Å². The molecule has 0 aromatic carbocycles. The molecule has 0 spiro atoms. The van der Waals surface area contributed by atoms with Gasteiger partial charge in [-0.05, 0) is 12.8 Å². The molecular formula is C8H17NO3S3. The molecule has 4 nitrogen and oxygen atoms in total. The van der Waals surface area contributed by atoms with E-state index in [0.29, 0.717) is 6.42 Å². The molecule has 90 valence electrons. The second-order valence-corrected chi connectivity index (χ2v) is 5.50. The number of hydrogen-bond donors (Lipinski definition) is 4. The van der Waals surface area contributed by atoms with E-state index in [2.05, 4.69) is 30.6 Å². The highest BCUT2D eigenvalue weighted by atomic mass is 32.2. The maximum absolute atomic E-state index is 10.7. The predicted octanol–water partition coefficient (Wildman–Crippen LogP) is 1.07. The van der Waals surface area contributed by atoms with Gasteiger partial charge in [0.15, 0.2) is 11.1 Å². The van der Waals surface area contributed by atoms with Crippen LogP contribution in [0.25, 0.3) is 0 Å². The summed E-state index contributed by atoms with van der Waals surface area (Å²) < 4.78 is 18.9. The van der Waals surface area contributed by atoms with Gasteiger partial charge in [-0.1, -0.05) is 6.42 Å². The average Bonchev–Trinajstić information content (AvgIpc) is 2.10. The van der Waals surface area contributed by atoms with Gasteiger partial charge in [0.2, 0.25) is 5.91 Å². The van der Waals surface area contributed by atoms with Crippen molar-refractivity contribution >= 4 is 42.2 Å². The first-order valence-electron chi connectivity index (χ1n) is 4.64. The molecule has 0 aliphatic heterocycles. The summed E-state index contributed by atoms with van der Waals surface area (Å²) in [4.78, 5) is 10.7. The van der Waals surface area contributed by atoms with Crippen LogP contribution in [0, 0.1) is 0 Å². The summed E-state index contributed by atoms with van der Waals surface area (Å²) >= 11 is 6.77. The van der Waals surface area contributed by atoms with E-state index in [1.807, 2.05) is 0 Å². The Labute approximate surface area is 104 Å². The zero-order chi connectivity index (χ0) is 11.8. The molecule has 3 unspecified atom stereocenters. The van der Waals surface area contributed by atoms with E-state index in [4.69, 9.17) is 4.55 Å². The van der Waals surface area contributed by atoms with Gasteiger partial charge in [0.05, 0.1) is 5.37 Å². The van der Waals surface area contributed by atoms with Gasteiger partial charge in [-0.25, -0.2) is 4.21 Å². The summed E-state index contributed by atoms with van der Waals surface area (Å²) in [6, 6.07) is 0. The summed E-state index contributed by atoms with van der Waals surface area (Å²) in [5.41, 5.74) is 0. The number of amides is 1. The quantitative estimate of drug-likeness (QED) is 0.242. The third kappa shape index (κ3) is 9.22. The molecule has 0 aliphatic carbocycles. The third-order valence-corrected chi connectivity index (χ3v) is 3.70. The first-order valence-corrected chi connectivity index (χ1v) is 6.95. The molecule has 0 aliphatic rings. The van der Waals surface area contributed by atoms with Crippen LogP contribution in [0.2, 0.25) is 0 Å². The predicted molar refractivity (Wildman–Crippen MR) is 68.9 cm³/mol. The highest BCUT2D eigenvalue weighted by Crippen LogP contribution is 2.14. The lowest BCUT2D eigenvalue weighted by Gasteiger charge is -2.18. The molecule has 0 aromatic heterocycles. The Kier molecular flexibility index (Phi) is 8.59. The van der Waals surface area contributed by atoms with Gasteiger partial charge in [0.25, 0.3) is 0 Å². The molecule has 2 N–H and O–H groups in total. The molecule has 0 saturated heterocycles. The topological polar surface area (TPSA) is 66.4 Å². The minimum atomic E-state index is -1.71. The molecule has 7 heteroatoms. The Morgan fingerprint density at radius 2 is 2.07 bits per heavy atom. The molecule has 1 amide bonds. The molecule has 0 saturated carbocycles. The number of carbonyl (C=O) groups excluding carboxylic acids is 1.